The van der Waals surface area contributed by atoms with Gasteiger partial charge in [-0.3, -0.25) is 9.59 Å². The lowest BCUT2D eigenvalue weighted by molar-refractivity contribution is -0.142. The Kier molecular flexibility index (Phi) is 4.44. The van der Waals surface area contributed by atoms with Gasteiger partial charge in [0.05, 0.1) is 0 Å². The van der Waals surface area contributed by atoms with Gasteiger partial charge < -0.3 is 0 Å². The van der Waals surface area contributed by atoms with E-state index in [0.29, 0.717) is 12.8 Å². The number of nitrogens with zero attached hydrogens (tertiary/aromatic N) is 2. The molecule has 0 heterocycles. The van der Waals surface area contributed by atoms with Crippen molar-refractivity contribution >= 4 is 35.4 Å². The van der Waals surface area contributed by atoms with Crippen molar-refractivity contribution in [3.05, 3.63) is 0 Å². The molecule has 0 saturated heterocycles. The van der Waals surface area contributed by atoms with Gasteiger partial charge in [0.15, 0.2) is 0 Å². The topological polar surface area (TPSA) is 40.6 Å². The highest BCUT2D eigenvalue weighted by Crippen LogP contribution is 2.39. The highest BCUT2D eigenvalue weighted by Gasteiger charge is 2.45. The zero-order chi connectivity index (χ0) is 12.3. The Labute approximate surface area is 106 Å². The summed E-state index contributed by atoms with van der Waals surface area (Å²) in [5.74, 6) is -0.592. The first-order valence-corrected chi connectivity index (χ1v) is 6.02. The summed E-state index contributed by atoms with van der Waals surface area (Å²) in [5.41, 5.74) is -0.862. The maximum absolute atomic E-state index is 11.4. The van der Waals surface area contributed by atoms with Crippen LogP contribution in [-0.2, 0) is 9.59 Å². The molecule has 2 amide bonds. The highest BCUT2D eigenvalue weighted by atomic mass is 35.5. The Balaban J connectivity index is 3.00. The van der Waals surface area contributed by atoms with E-state index < -0.39 is 5.66 Å². The van der Waals surface area contributed by atoms with Gasteiger partial charge in [-0.05, 0) is 25.7 Å². The van der Waals surface area contributed by atoms with E-state index in [4.69, 9.17) is 23.6 Å². The van der Waals surface area contributed by atoms with E-state index in [1.54, 1.807) is 0 Å². The third kappa shape index (κ3) is 2.43. The molecule has 6 heteroatoms. The quantitative estimate of drug-likeness (QED) is 0.570. The number of halogens is 2. The molecular weight excluding hydrogens is 251 g/mol. The minimum absolute atomic E-state index is 0.296. The van der Waals surface area contributed by atoms with Crippen molar-refractivity contribution in [1.29, 1.82) is 0 Å². The molecule has 0 radical (unpaired) electrons. The summed E-state index contributed by atoms with van der Waals surface area (Å²) in [7, 11) is 0. The molecule has 0 N–H and O–H groups in total. The van der Waals surface area contributed by atoms with Crippen LogP contribution in [0.3, 0.4) is 0 Å². The highest BCUT2D eigenvalue weighted by molar-refractivity contribution is 6.24. The van der Waals surface area contributed by atoms with Crippen LogP contribution in [0.25, 0.3) is 0 Å². The summed E-state index contributed by atoms with van der Waals surface area (Å²) in [6.07, 6.45) is 4.14. The van der Waals surface area contributed by atoms with E-state index in [-0.39, 0.29) is 11.8 Å². The summed E-state index contributed by atoms with van der Waals surface area (Å²) >= 11 is 12.0. The second-order valence-corrected chi connectivity index (χ2v) is 4.82. The normalized spacial score (nSPS) is 19.0. The Hall–Kier alpha value is -0.480. The van der Waals surface area contributed by atoms with Crippen LogP contribution in [0, 0.1) is 0 Å². The van der Waals surface area contributed by atoms with E-state index >= 15 is 0 Å². The molecule has 1 aliphatic rings. The van der Waals surface area contributed by atoms with Crippen molar-refractivity contribution in [2.45, 2.75) is 51.6 Å². The summed E-state index contributed by atoms with van der Waals surface area (Å²) in [4.78, 5) is 22.7. The SMILES string of the molecule is CC(=O)N(Cl)C1(N(Cl)C(C)=O)CCCCC1. The molecule has 16 heavy (non-hydrogen) atoms. The van der Waals surface area contributed by atoms with E-state index in [9.17, 15) is 9.59 Å². The van der Waals surface area contributed by atoms with E-state index in [1.807, 2.05) is 0 Å². The third-order valence-electron chi connectivity index (χ3n) is 2.94. The Bertz CT molecular complexity index is 269. The molecule has 0 unspecified atom stereocenters. The largest absolute Gasteiger partial charge is 0.274 e. The zero-order valence-electron chi connectivity index (χ0n) is 9.50. The van der Waals surface area contributed by atoms with Crippen molar-refractivity contribution in [3.63, 3.8) is 0 Å². The van der Waals surface area contributed by atoms with Crippen LogP contribution in [-0.4, -0.2) is 26.3 Å². The second-order valence-electron chi connectivity index (χ2n) is 4.14. The molecule has 92 valence electrons. The van der Waals surface area contributed by atoms with Gasteiger partial charge >= 0.3 is 0 Å². The molecule has 0 aromatic rings. The van der Waals surface area contributed by atoms with Crippen LogP contribution in [0.15, 0.2) is 0 Å². The fourth-order valence-electron chi connectivity index (χ4n) is 2.17. The lowest BCUT2D eigenvalue weighted by Gasteiger charge is -2.45. The first-order chi connectivity index (χ1) is 7.42. The fourth-order valence-corrected chi connectivity index (χ4v) is 2.70. The number of carbonyl (C=O) groups is 2. The van der Waals surface area contributed by atoms with Crippen molar-refractivity contribution in [3.8, 4) is 0 Å². The van der Waals surface area contributed by atoms with Gasteiger partial charge in [0, 0.05) is 37.4 Å². The van der Waals surface area contributed by atoms with Crippen LogP contribution in [0.1, 0.15) is 46.0 Å². The number of hydrogen-bond donors (Lipinski definition) is 0. The van der Waals surface area contributed by atoms with Gasteiger partial charge in [-0.25, -0.2) is 8.84 Å². The van der Waals surface area contributed by atoms with Crippen molar-refractivity contribution in [2.24, 2.45) is 0 Å². The van der Waals surface area contributed by atoms with Gasteiger partial charge in [0.1, 0.15) is 5.66 Å². The van der Waals surface area contributed by atoms with Gasteiger partial charge in [-0.2, -0.15) is 0 Å². The summed E-state index contributed by atoms with van der Waals surface area (Å²) in [6, 6.07) is 0. The number of hydrogen-bond acceptors (Lipinski definition) is 2. The van der Waals surface area contributed by atoms with E-state index in [0.717, 1.165) is 28.1 Å². The summed E-state index contributed by atoms with van der Waals surface area (Å²) in [5, 5.41) is 0. The predicted octanol–water partition coefficient (Wildman–Crippen LogP) is 2.65. The molecule has 0 spiro atoms. The zero-order valence-corrected chi connectivity index (χ0v) is 11.0. The van der Waals surface area contributed by atoms with E-state index in [1.165, 1.54) is 13.8 Å². The maximum Gasteiger partial charge on any atom is 0.235 e. The molecule has 1 fully saturated rings. The second kappa shape index (κ2) is 5.23. The van der Waals surface area contributed by atoms with Crippen LogP contribution < -0.4 is 0 Å². The Morgan fingerprint density at radius 3 is 1.62 bits per heavy atom. The van der Waals surface area contributed by atoms with Gasteiger partial charge in [-0.1, -0.05) is 6.42 Å². The Morgan fingerprint density at radius 1 is 0.938 bits per heavy atom. The summed E-state index contributed by atoms with van der Waals surface area (Å²) in [6.45, 7) is 2.74. The van der Waals surface area contributed by atoms with Crippen molar-refractivity contribution in [1.82, 2.24) is 8.84 Å². The minimum Gasteiger partial charge on any atom is -0.274 e. The molecule has 1 rings (SSSR count). The average molecular weight is 267 g/mol. The Morgan fingerprint density at radius 2 is 1.31 bits per heavy atom. The monoisotopic (exact) mass is 266 g/mol. The lowest BCUT2D eigenvalue weighted by atomic mass is 9.88. The standard InChI is InChI=1S/C10H16Cl2N2O2/c1-8(15)13(11)10(14(12)9(2)16)6-4-3-5-7-10/h3-7H2,1-2H3. The number of carbonyl (C=O) groups excluding carboxylic acids is 2. The number of rotatable bonds is 2. The van der Waals surface area contributed by atoms with Gasteiger partial charge in [-0.15, -0.1) is 0 Å². The first-order valence-electron chi connectivity index (χ1n) is 5.35. The molecule has 0 aromatic carbocycles. The molecule has 0 bridgehead atoms. The molecule has 0 atom stereocenters. The smallest absolute Gasteiger partial charge is 0.235 e. The fraction of sp³-hybridized carbons (Fsp3) is 0.800. The van der Waals surface area contributed by atoms with Crippen LogP contribution >= 0.6 is 23.6 Å². The van der Waals surface area contributed by atoms with Gasteiger partial charge in [0.25, 0.3) is 0 Å². The van der Waals surface area contributed by atoms with Crippen LogP contribution in [0.5, 0.6) is 0 Å². The van der Waals surface area contributed by atoms with Gasteiger partial charge in [0.2, 0.25) is 11.8 Å². The summed E-state index contributed by atoms with van der Waals surface area (Å²) < 4.78 is 2.14. The molecule has 0 aliphatic heterocycles. The van der Waals surface area contributed by atoms with Crippen LogP contribution in [0.2, 0.25) is 0 Å². The van der Waals surface area contributed by atoms with Crippen LogP contribution in [0.4, 0.5) is 0 Å². The molecule has 4 nitrogen and oxygen atoms in total. The number of amides is 2. The minimum atomic E-state index is -0.862. The molecule has 0 aromatic heterocycles. The lowest BCUT2D eigenvalue weighted by Crippen LogP contribution is -2.57. The average Bonchev–Trinajstić information content (AvgIpc) is 2.27. The predicted molar refractivity (Wildman–Crippen MR) is 62.6 cm³/mol. The first kappa shape index (κ1) is 13.6. The van der Waals surface area contributed by atoms with Crippen molar-refractivity contribution < 1.29 is 9.59 Å². The van der Waals surface area contributed by atoms with Crippen molar-refractivity contribution in [2.75, 3.05) is 0 Å². The third-order valence-corrected chi connectivity index (χ3v) is 4.04. The molecule has 1 saturated carbocycles. The maximum atomic E-state index is 11.4. The molecular formula is C10H16Cl2N2O2. The van der Waals surface area contributed by atoms with E-state index in [2.05, 4.69) is 0 Å². The molecule has 1 aliphatic carbocycles.